The molecule has 1 aliphatic heterocycles. The lowest BCUT2D eigenvalue weighted by atomic mass is 10.2. The number of ether oxygens (including phenoxy) is 1. The van der Waals surface area contributed by atoms with Gasteiger partial charge in [0.25, 0.3) is 0 Å². The highest BCUT2D eigenvalue weighted by Crippen LogP contribution is 2.46. The normalized spacial score (nSPS) is 23.1. The van der Waals surface area contributed by atoms with E-state index in [2.05, 4.69) is 9.51 Å². The van der Waals surface area contributed by atoms with E-state index in [0.29, 0.717) is 24.4 Å². The topological polar surface area (TPSA) is 149 Å². The first kappa shape index (κ1) is 15.5. The molecule has 1 aliphatic rings. The molecule has 0 saturated carbocycles. The van der Waals surface area contributed by atoms with Crippen molar-refractivity contribution in [1.82, 2.24) is 9.55 Å². The number of rotatable bonds is 5. The van der Waals surface area contributed by atoms with Crippen molar-refractivity contribution in [2.45, 2.75) is 25.2 Å². The Hall–Kier alpha value is -0.870. The van der Waals surface area contributed by atoms with Crippen LogP contribution in [0.3, 0.4) is 0 Å². The highest BCUT2D eigenvalue weighted by molar-refractivity contribution is 7.80. The summed E-state index contributed by atoms with van der Waals surface area (Å²) in [4.78, 5) is 30.4. The number of anilines is 1. The van der Waals surface area contributed by atoms with Gasteiger partial charge in [-0.25, -0.2) is 4.98 Å². The Morgan fingerprint density at radius 2 is 2.25 bits per heavy atom. The van der Waals surface area contributed by atoms with E-state index in [4.69, 9.17) is 43.1 Å². The first-order valence-corrected chi connectivity index (χ1v) is 7.74. The highest BCUT2D eigenvalue weighted by Gasteiger charge is 2.37. The van der Waals surface area contributed by atoms with Crippen molar-refractivity contribution in [1.29, 1.82) is 0 Å². The largest absolute Gasteiger partial charge is 0.567 e. The van der Waals surface area contributed by atoms with Gasteiger partial charge >= 0.3 is 8.17 Å². The predicted octanol–water partition coefficient (Wildman–Crippen LogP) is -0.552. The van der Waals surface area contributed by atoms with Crippen LogP contribution < -0.4 is 11.5 Å². The van der Waals surface area contributed by atoms with Crippen molar-refractivity contribution in [3.8, 4) is 0 Å². The summed E-state index contributed by atoms with van der Waals surface area (Å²) in [5.41, 5.74) is 11.7. The van der Waals surface area contributed by atoms with E-state index in [1.54, 1.807) is 4.57 Å². The minimum Gasteiger partial charge on any atom is -0.388 e. The van der Waals surface area contributed by atoms with E-state index in [9.17, 15) is 0 Å². The average Bonchev–Trinajstić information content (AvgIpc) is 2.91. The Kier molecular flexibility index (Phi) is 4.55. The molecule has 2 atom stereocenters. The number of nitrogens with zero attached hydrogens (tertiary/aromatic N) is 2. The minimum atomic E-state index is -4.24. The second-order valence-electron chi connectivity index (χ2n) is 4.35. The van der Waals surface area contributed by atoms with Crippen LogP contribution in [0.4, 0.5) is 5.82 Å². The molecule has 0 aliphatic carbocycles. The first-order valence-electron chi connectivity index (χ1n) is 5.77. The third-order valence-electron chi connectivity index (χ3n) is 2.89. The number of nitrogens with two attached hydrogens (primary N) is 2. The lowest BCUT2D eigenvalue weighted by Crippen LogP contribution is -2.18. The Morgan fingerprint density at radius 3 is 2.80 bits per heavy atom. The quantitative estimate of drug-likeness (QED) is 0.355. The van der Waals surface area contributed by atoms with Crippen molar-refractivity contribution in [2.75, 3.05) is 12.3 Å². The summed E-state index contributed by atoms with van der Waals surface area (Å²) in [5, 5.41) is 0. The van der Waals surface area contributed by atoms with E-state index in [1.165, 1.54) is 6.33 Å². The Bertz CT molecular complexity index is 505. The minimum absolute atomic E-state index is 0.106. The molecule has 1 aromatic rings. The number of aromatic nitrogens is 2. The van der Waals surface area contributed by atoms with Gasteiger partial charge in [-0.2, -0.15) is 19.2 Å². The molecule has 1 saturated heterocycles. The Morgan fingerprint density at radius 1 is 1.55 bits per heavy atom. The maximum absolute atomic E-state index is 8.75. The van der Waals surface area contributed by atoms with Gasteiger partial charge in [-0.05, 0) is 12.8 Å². The van der Waals surface area contributed by atoms with E-state index < -0.39 is 8.17 Å². The summed E-state index contributed by atoms with van der Waals surface area (Å²) in [7, 11) is -4.24. The smallest absolute Gasteiger partial charge is 0.388 e. The maximum Gasteiger partial charge on any atom is 0.567 e. The van der Waals surface area contributed by atoms with Crippen molar-refractivity contribution >= 4 is 31.2 Å². The van der Waals surface area contributed by atoms with Gasteiger partial charge in [0.1, 0.15) is 29.3 Å². The fraction of sp³-hybridized carbons (Fsp3) is 0.556. The van der Waals surface area contributed by atoms with Crippen molar-refractivity contribution in [3.05, 3.63) is 12.0 Å². The number of nitrogen functional groups attached to an aromatic ring is 1. The third kappa shape index (κ3) is 3.61. The fourth-order valence-electron chi connectivity index (χ4n) is 1.99. The summed E-state index contributed by atoms with van der Waals surface area (Å²) in [5.74, 6) is 0.317. The zero-order valence-electron chi connectivity index (χ0n) is 10.4. The zero-order valence-corrected chi connectivity index (χ0v) is 12.1. The monoisotopic (exact) mass is 323 g/mol. The summed E-state index contributed by atoms with van der Waals surface area (Å²) in [6.45, 7) is -0.120. The molecule has 2 rings (SSSR count). The molecule has 11 heteroatoms. The van der Waals surface area contributed by atoms with Gasteiger partial charge in [-0.3, -0.25) is 4.57 Å². The highest BCUT2D eigenvalue weighted by atomic mass is 32.1. The van der Waals surface area contributed by atoms with Crippen LogP contribution in [0, 0.1) is 0 Å². The van der Waals surface area contributed by atoms with E-state index in [1.807, 2.05) is 0 Å². The van der Waals surface area contributed by atoms with Crippen LogP contribution in [-0.2, 0) is 9.26 Å². The van der Waals surface area contributed by atoms with Gasteiger partial charge in [0.05, 0.1) is 12.4 Å². The number of hydrogen-bond donors (Lipinski definition) is 5. The van der Waals surface area contributed by atoms with Gasteiger partial charge < -0.3 is 16.2 Å². The van der Waals surface area contributed by atoms with Gasteiger partial charge in [0.2, 0.25) is 0 Å². The van der Waals surface area contributed by atoms with Crippen LogP contribution in [-0.4, -0.2) is 41.9 Å². The average molecular weight is 323 g/mol. The molecule has 0 aromatic carbocycles. The van der Waals surface area contributed by atoms with Crippen molar-refractivity contribution < 1.29 is 23.9 Å². The van der Waals surface area contributed by atoms with Crippen molar-refractivity contribution in [3.63, 3.8) is 0 Å². The molecule has 2 heterocycles. The van der Waals surface area contributed by atoms with Crippen molar-refractivity contribution in [2.24, 2.45) is 5.73 Å². The number of thiocarbonyl (C=S) groups is 1. The van der Waals surface area contributed by atoms with Gasteiger partial charge in [-0.1, -0.05) is 12.2 Å². The second-order valence-corrected chi connectivity index (χ2v) is 6.07. The molecular weight excluding hydrogens is 307 g/mol. The standard InChI is InChI=1S/C9H15N4O5PS/c10-8-7(9(11)20)12-4-13(8)6-2-1-5(18-6)3-17-19(14,15)16/h4-6,14-16H,1-3H2,(H3-,10,11,20)/p+1. The van der Waals surface area contributed by atoms with Crippen LogP contribution >= 0.6 is 20.4 Å². The molecule has 0 amide bonds. The van der Waals surface area contributed by atoms with Crippen LogP contribution in [0.5, 0.6) is 0 Å². The molecule has 7 N–H and O–H groups in total. The maximum atomic E-state index is 8.75. The van der Waals surface area contributed by atoms with E-state index in [-0.39, 0.29) is 23.9 Å². The van der Waals surface area contributed by atoms with Crippen LogP contribution in [0.15, 0.2) is 6.33 Å². The zero-order chi connectivity index (χ0) is 14.9. The lowest BCUT2D eigenvalue weighted by Gasteiger charge is -2.15. The van der Waals surface area contributed by atoms with Gasteiger partial charge in [0.15, 0.2) is 0 Å². The summed E-state index contributed by atoms with van der Waals surface area (Å²) < 4.78 is 11.8. The van der Waals surface area contributed by atoms with E-state index >= 15 is 0 Å². The molecule has 0 spiro atoms. The SMILES string of the molecule is NC(=S)c1ncn(C2CCC(CO[P+](O)(O)O)O2)c1N. The molecule has 20 heavy (non-hydrogen) atoms. The second kappa shape index (κ2) is 5.86. The number of imidazole rings is 1. The van der Waals surface area contributed by atoms with Crippen LogP contribution in [0.1, 0.15) is 24.8 Å². The molecule has 0 radical (unpaired) electrons. The van der Waals surface area contributed by atoms with Crippen LogP contribution in [0.2, 0.25) is 0 Å². The summed E-state index contributed by atoms with van der Waals surface area (Å²) in [6.07, 6.45) is 2.01. The van der Waals surface area contributed by atoms with Gasteiger partial charge in [0, 0.05) is 0 Å². The van der Waals surface area contributed by atoms with Crippen LogP contribution in [0.25, 0.3) is 0 Å². The summed E-state index contributed by atoms with van der Waals surface area (Å²) in [6, 6.07) is 0. The summed E-state index contributed by atoms with van der Waals surface area (Å²) >= 11 is 4.82. The lowest BCUT2D eigenvalue weighted by molar-refractivity contribution is -0.0241. The number of hydrogen-bond acceptors (Lipinski definition) is 8. The third-order valence-corrected chi connectivity index (χ3v) is 3.58. The molecule has 9 nitrogen and oxygen atoms in total. The molecular formula is C9H16N4O5PS+. The molecule has 1 aromatic heterocycles. The predicted molar refractivity (Wildman–Crippen MR) is 75.2 cm³/mol. The van der Waals surface area contributed by atoms with E-state index in [0.717, 1.165) is 0 Å². The molecule has 1 fully saturated rings. The molecule has 2 unspecified atom stereocenters. The Balaban J connectivity index is 1.98. The fourth-order valence-corrected chi connectivity index (χ4v) is 2.51. The first-order chi connectivity index (χ1) is 9.28. The Labute approximate surface area is 120 Å². The van der Waals surface area contributed by atoms with Gasteiger partial charge in [-0.15, -0.1) is 0 Å². The molecule has 112 valence electrons. The molecule has 0 bridgehead atoms.